The third kappa shape index (κ3) is 7.18. The van der Waals surface area contributed by atoms with E-state index in [1.54, 1.807) is 66.7 Å². The van der Waals surface area contributed by atoms with E-state index >= 15 is 0 Å². The van der Waals surface area contributed by atoms with Crippen LogP contribution in [0.3, 0.4) is 0 Å². The summed E-state index contributed by atoms with van der Waals surface area (Å²) in [5, 5.41) is 5.34. The van der Waals surface area contributed by atoms with Crippen molar-refractivity contribution >= 4 is 23.5 Å². The van der Waals surface area contributed by atoms with Crippen molar-refractivity contribution in [3.8, 4) is 5.75 Å². The molecule has 7 heteroatoms. The maximum Gasteiger partial charge on any atom is 0.326 e. The van der Waals surface area contributed by atoms with Gasteiger partial charge in [-0.3, -0.25) is 14.4 Å². The average Bonchev–Trinajstić information content (AvgIpc) is 2.87. The molecule has 0 aromatic heterocycles. The van der Waals surface area contributed by atoms with E-state index in [9.17, 15) is 14.4 Å². The Hall–Kier alpha value is -4.13. The fourth-order valence-corrected chi connectivity index (χ4v) is 3.50. The maximum atomic E-state index is 13.1. The van der Waals surface area contributed by atoms with Crippen LogP contribution in [0.5, 0.6) is 5.75 Å². The number of esters is 1. The molecule has 0 heterocycles. The zero-order valence-corrected chi connectivity index (χ0v) is 21.0. The van der Waals surface area contributed by atoms with Crippen molar-refractivity contribution in [1.82, 2.24) is 5.32 Å². The SMILES string of the molecule is CCOc1ccccc1NC(=O)C(OC(=O)CNC(=O)c1ccc(C(C)(C)C)cc1)c1ccccc1. The van der Waals surface area contributed by atoms with Crippen molar-refractivity contribution in [1.29, 1.82) is 0 Å². The molecule has 0 aliphatic heterocycles. The van der Waals surface area contributed by atoms with Crippen LogP contribution in [-0.4, -0.2) is 30.9 Å². The topological polar surface area (TPSA) is 93.7 Å². The normalized spacial score (nSPS) is 11.8. The zero-order chi connectivity index (χ0) is 26.1. The van der Waals surface area contributed by atoms with Crippen LogP contribution in [-0.2, 0) is 19.7 Å². The molecule has 36 heavy (non-hydrogen) atoms. The van der Waals surface area contributed by atoms with Crippen LogP contribution in [0.1, 0.15) is 55.3 Å². The first kappa shape index (κ1) is 26.5. The van der Waals surface area contributed by atoms with Gasteiger partial charge >= 0.3 is 5.97 Å². The minimum atomic E-state index is -1.21. The van der Waals surface area contributed by atoms with Gasteiger partial charge in [0.1, 0.15) is 12.3 Å². The lowest BCUT2D eigenvalue weighted by Gasteiger charge is -2.20. The van der Waals surface area contributed by atoms with Gasteiger partial charge in [-0.25, -0.2) is 0 Å². The number of carbonyl (C=O) groups excluding carboxylic acids is 3. The minimum absolute atomic E-state index is 0.0327. The van der Waals surface area contributed by atoms with E-state index in [-0.39, 0.29) is 12.0 Å². The third-order valence-corrected chi connectivity index (χ3v) is 5.44. The largest absolute Gasteiger partial charge is 0.492 e. The summed E-state index contributed by atoms with van der Waals surface area (Å²) in [6.45, 7) is 8.17. The standard InChI is InChI=1S/C29H32N2O5/c1-5-35-24-14-10-9-13-23(24)31-28(34)26(20-11-7-6-8-12-20)36-25(32)19-30-27(33)21-15-17-22(18-16-21)29(2,3)4/h6-18,26H,5,19H2,1-4H3,(H,30,33)(H,31,34). The molecule has 1 unspecified atom stereocenters. The van der Waals surface area contributed by atoms with Crippen molar-refractivity contribution in [3.05, 3.63) is 95.6 Å². The van der Waals surface area contributed by atoms with E-state index in [1.807, 2.05) is 19.1 Å². The number of ether oxygens (including phenoxy) is 2. The second-order valence-electron chi connectivity index (χ2n) is 9.21. The van der Waals surface area contributed by atoms with Crippen molar-refractivity contribution in [3.63, 3.8) is 0 Å². The number of para-hydroxylation sites is 2. The first-order valence-electron chi connectivity index (χ1n) is 11.8. The van der Waals surface area contributed by atoms with Crippen molar-refractivity contribution in [2.45, 2.75) is 39.2 Å². The number of carbonyl (C=O) groups is 3. The molecule has 0 fully saturated rings. The second-order valence-corrected chi connectivity index (χ2v) is 9.21. The van der Waals surface area contributed by atoms with Gasteiger partial charge in [0.2, 0.25) is 6.10 Å². The molecule has 3 rings (SSSR count). The lowest BCUT2D eigenvalue weighted by atomic mass is 9.87. The Bertz CT molecular complexity index is 1180. The molecule has 2 N–H and O–H groups in total. The first-order valence-corrected chi connectivity index (χ1v) is 11.8. The number of benzene rings is 3. The van der Waals surface area contributed by atoms with Gasteiger partial charge in [0.25, 0.3) is 11.8 Å². The van der Waals surface area contributed by atoms with Gasteiger partial charge in [-0.05, 0) is 42.2 Å². The molecule has 7 nitrogen and oxygen atoms in total. The number of anilines is 1. The second kappa shape index (κ2) is 12.0. The number of hydrogen-bond acceptors (Lipinski definition) is 5. The predicted molar refractivity (Wildman–Crippen MR) is 139 cm³/mol. The fourth-order valence-electron chi connectivity index (χ4n) is 3.50. The molecule has 3 aromatic rings. The summed E-state index contributed by atoms with van der Waals surface area (Å²) >= 11 is 0. The molecule has 3 aromatic carbocycles. The molecule has 2 amide bonds. The van der Waals surface area contributed by atoms with Crippen LogP contribution in [0, 0.1) is 0 Å². The number of hydrogen-bond donors (Lipinski definition) is 2. The Kier molecular flexibility index (Phi) is 8.84. The molecule has 0 aliphatic carbocycles. The summed E-state index contributed by atoms with van der Waals surface area (Å²) in [6, 6.07) is 22.9. The molecule has 188 valence electrons. The number of amides is 2. The Morgan fingerprint density at radius 2 is 1.50 bits per heavy atom. The molecule has 1 atom stereocenters. The van der Waals surface area contributed by atoms with Crippen LogP contribution in [0.2, 0.25) is 0 Å². The molecule has 0 bridgehead atoms. The average molecular weight is 489 g/mol. The molecule has 0 aliphatic rings. The summed E-state index contributed by atoms with van der Waals surface area (Å²) in [6.07, 6.45) is -1.21. The monoisotopic (exact) mass is 488 g/mol. The highest BCUT2D eigenvalue weighted by Crippen LogP contribution is 2.27. The van der Waals surface area contributed by atoms with Gasteiger partial charge in [0.15, 0.2) is 0 Å². The third-order valence-electron chi connectivity index (χ3n) is 5.44. The van der Waals surface area contributed by atoms with Gasteiger partial charge in [-0.2, -0.15) is 0 Å². The van der Waals surface area contributed by atoms with E-state index in [1.165, 1.54) is 0 Å². The summed E-state index contributed by atoms with van der Waals surface area (Å²) in [5.41, 5.74) is 2.46. The highest BCUT2D eigenvalue weighted by molar-refractivity contribution is 5.98. The minimum Gasteiger partial charge on any atom is -0.492 e. The highest BCUT2D eigenvalue weighted by Gasteiger charge is 2.26. The summed E-state index contributed by atoms with van der Waals surface area (Å²) in [4.78, 5) is 38.3. The van der Waals surface area contributed by atoms with Gasteiger partial charge in [0, 0.05) is 11.1 Å². The van der Waals surface area contributed by atoms with E-state index in [0.29, 0.717) is 29.2 Å². The van der Waals surface area contributed by atoms with Crippen molar-refractivity contribution in [2.75, 3.05) is 18.5 Å². The Morgan fingerprint density at radius 1 is 0.861 bits per heavy atom. The molecule has 0 saturated carbocycles. The van der Waals surface area contributed by atoms with Gasteiger partial charge in [-0.15, -0.1) is 0 Å². The Morgan fingerprint density at radius 3 is 2.14 bits per heavy atom. The molecular weight excluding hydrogens is 456 g/mol. The lowest BCUT2D eigenvalue weighted by Crippen LogP contribution is -2.33. The molecule has 0 spiro atoms. The van der Waals surface area contributed by atoms with Crippen LogP contribution >= 0.6 is 0 Å². The van der Waals surface area contributed by atoms with E-state index in [4.69, 9.17) is 9.47 Å². The molecular formula is C29H32N2O5. The predicted octanol–water partition coefficient (Wildman–Crippen LogP) is 5.04. The quantitative estimate of drug-likeness (QED) is 0.412. The van der Waals surface area contributed by atoms with Gasteiger partial charge in [0.05, 0.1) is 12.3 Å². The molecule has 0 radical (unpaired) electrons. The summed E-state index contributed by atoms with van der Waals surface area (Å²) in [5.74, 6) is -1.17. The van der Waals surface area contributed by atoms with Gasteiger partial charge in [-0.1, -0.05) is 75.4 Å². The zero-order valence-electron chi connectivity index (χ0n) is 21.0. The molecule has 0 saturated heterocycles. The maximum absolute atomic E-state index is 13.1. The first-order chi connectivity index (χ1) is 17.2. The fraction of sp³-hybridized carbons (Fsp3) is 0.276. The van der Waals surface area contributed by atoms with Crippen LogP contribution < -0.4 is 15.4 Å². The van der Waals surface area contributed by atoms with E-state index in [2.05, 4.69) is 31.4 Å². The lowest BCUT2D eigenvalue weighted by molar-refractivity contribution is -0.153. The Balaban J connectivity index is 1.67. The smallest absolute Gasteiger partial charge is 0.326 e. The number of rotatable bonds is 9. The van der Waals surface area contributed by atoms with Crippen LogP contribution in [0.4, 0.5) is 5.69 Å². The summed E-state index contributed by atoms with van der Waals surface area (Å²) in [7, 11) is 0. The van der Waals surface area contributed by atoms with E-state index < -0.39 is 23.9 Å². The summed E-state index contributed by atoms with van der Waals surface area (Å²) < 4.78 is 11.1. The Labute approximate surface area is 211 Å². The van der Waals surface area contributed by atoms with Crippen molar-refractivity contribution in [2.24, 2.45) is 0 Å². The van der Waals surface area contributed by atoms with Crippen molar-refractivity contribution < 1.29 is 23.9 Å². The van der Waals surface area contributed by atoms with Crippen LogP contribution in [0.15, 0.2) is 78.9 Å². The number of nitrogens with one attached hydrogen (secondary N) is 2. The van der Waals surface area contributed by atoms with Crippen LogP contribution in [0.25, 0.3) is 0 Å². The highest BCUT2D eigenvalue weighted by atomic mass is 16.5. The van der Waals surface area contributed by atoms with Gasteiger partial charge < -0.3 is 20.1 Å². The van der Waals surface area contributed by atoms with E-state index in [0.717, 1.165) is 5.56 Å².